The zero-order valence-electron chi connectivity index (χ0n) is 10.4. The van der Waals surface area contributed by atoms with Gasteiger partial charge in [-0.1, -0.05) is 6.92 Å². The molecule has 19 heavy (non-hydrogen) atoms. The molecule has 0 spiro atoms. The van der Waals surface area contributed by atoms with E-state index < -0.39 is 0 Å². The van der Waals surface area contributed by atoms with E-state index in [1.54, 1.807) is 17.5 Å². The fourth-order valence-electron chi connectivity index (χ4n) is 1.98. The number of aryl methyl sites for hydroxylation is 1. The number of nitrogens with zero attached hydrogens (tertiary/aromatic N) is 2. The number of halogens is 1. The van der Waals surface area contributed by atoms with E-state index in [2.05, 4.69) is 44.3 Å². The maximum Gasteiger partial charge on any atom is 0.139 e. The summed E-state index contributed by atoms with van der Waals surface area (Å²) in [5.41, 5.74) is 4.30. The van der Waals surface area contributed by atoms with Crippen molar-refractivity contribution in [3.63, 3.8) is 0 Å². The number of rotatable bonds is 3. The van der Waals surface area contributed by atoms with Crippen LogP contribution in [0.1, 0.15) is 12.6 Å². The third kappa shape index (κ3) is 2.48. The Bertz CT molecular complexity index is 688. The fourth-order valence-corrected chi connectivity index (χ4v) is 3.12. The highest BCUT2D eigenvalue weighted by molar-refractivity contribution is 9.11. The van der Waals surface area contributed by atoms with E-state index in [0.717, 1.165) is 38.5 Å². The van der Waals surface area contributed by atoms with E-state index in [1.807, 2.05) is 18.3 Å². The van der Waals surface area contributed by atoms with Crippen molar-refractivity contribution >= 4 is 27.3 Å². The smallest absolute Gasteiger partial charge is 0.139 e. The lowest BCUT2D eigenvalue weighted by molar-refractivity contribution is 1.07. The first-order chi connectivity index (χ1) is 9.28. The molecule has 0 atom stereocenters. The van der Waals surface area contributed by atoms with Gasteiger partial charge < -0.3 is 4.98 Å². The van der Waals surface area contributed by atoms with Crippen LogP contribution < -0.4 is 0 Å². The van der Waals surface area contributed by atoms with Crippen LogP contribution in [0.5, 0.6) is 0 Å². The quantitative estimate of drug-likeness (QED) is 0.765. The summed E-state index contributed by atoms with van der Waals surface area (Å²) in [5, 5.41) is 2.09. The van der Waals surface area contributed by atoms with Gasteiger partial charge in [0.05, 0.1) is 9.48 Å². The Hall–Kier alpha value is -1.46. The van der Waals surface area contributed by atoms with Gasteiger partial charge in [0.25, 0.3) is 0 Å². The molecule has 0 unspecified atom stereocenters. The SMILES string of the molecule is CCc1[nH]c(-c2csc(Br)c2)nc1-c1cccnc1. The number of aromatic nitrogens is 3. The lowest BCUT2D eigenvalue weighted by Gasteiger charge is -1.98. The number of thiophene rings is 1. The van der Waals surface area contributed by atoms with Crippen LogP contribution in [0.3, 0.4) is 0 Å². The Kier molecular flexibility index (Phi) is 3.48. The molecule has 0 bridgehead atoms. The zero-order chi connectivity index (χ0) is 13.2. The van der Waals surface area contributed by atoms with E-state index in [1.165, 1.54) is 0 Å². The number of pyridine rings is 1. The third-order valence-electron chi connectivity index (χ3n) is 2.91. The topological polar surface area (TPSA) is 41.6 Å². The van der Waals surface area contributed by atoms with Crippen molar-refractivity contribution in [1.82, 2.24) is 15.0 Å². The molecule has 0 fully saturated rings. The standard InChI is InChI=1S/C14H12BrN3S/c1-2-11-13(9-4-3-5-16-7-9)18-14(17-11)10-6-12(15)19-8-10/h3-8H,2H2,1H3,(H,17,18). The van der Waals surface area contributed by atoms with Crippen molar-refractivity contribution < 1.29 is 0 Å². The molecule has 0 aliphatic carbocycles. The van der Waals surface area contributed by atoms with Gasteiger partial charge in [0, 0.05) is 34.6 Å². The van der Waals surface area contributed by atoms with Crippen LogP contribution >= 0.6 is 27.3 Å². The second-order valence-electron chi connectivity index (χ2n) is 4.15. The summed E-state index contributed by atoms with van der Waals surface area (Å²) in [6, 6.07) is 6.05. The van der Waals surface area contributed by atoms with Crippen molar-refractivity contribution in [3.8, 4) is 22.6 Å². The van der Waals surface area contributed by atoms with Crippen molar-refractivity contribution in [2.75, 3.05) is 0 Å². The van der Waals surface area contributed by atoms with E-state index >= 15 is 0 Å². The Balaban J connectivity index is 2.09. The first kappa shape index (κ1) is 12.6. The normalized spacial score (nSPS) is 10.8. The Morgan fingerprint density at radius 3 is 2.89 bits per heavy atom. The molecular formula is C14H12BrN3S. The highest BCUT2D eigenvalue weighted by atomic mass is 79.9. The zero-order valence-corrected chi connectivity index (χ0v) is 12.8. The molecule has 0 aromatic carbocycles. The van der Waals surface area contributed by atoms with E-state index in [9.17, 15) is 0 Å². The molecule has 0 radical (unpaired) electrons. The molecule has 0 aliphatic heterocycles. The molecule has 96 valence electrons. The van der Waals surface area contributed by atoms with Gasteiger partial charge in [-0.2, -0.15) is 0 Å². The Morgan fingerprint density at radius 1 is 1.37 bits per heavy atom. The molecule has 0 saturated heterocycles. The number of imidazole rings is 1. The van der Waals surface area contributed by atoms with Crippen LogP contribution in [0, 0.1) is 0 Å². The predicted molar refractivity (Wildman–Crippen MR) is 82.2 cm³/mol. The molecule has 3 nitrogen and oxygen atoms in total. The van der Waals surface area contributed by atoms with Crippen LogP contribution in [-0.4, -0.2) is 15.0 Å². The van der Waals surface area contributed by atoms with Crippen LogP contribution in [0.2, 0.25) is 0 Å². The first-order valence-electron chi connectivity index (χ1n) is 6.01. The summed E-state index contributed by atoms with van der Waals surface area (Å²) in [7, 11) is 0. The number of hydrogen-bond acceptors (Lipinski definition) is 3. The van der Waals surface area contributed by atoms with Crippen molar-refractivity contribution in [1.29, 1.82) is 0 Å². The summed E-state index contributed by atoms with van der Waals surface area (Å²) >= 11 is 5.15. The average Bonchev–Trinajstić information content (AvgIpc) is 3.05. The van der Waals surface area contributed by atoms with E-state index in [4.69, 9.17) is 4.98 Å². The molecule has 0 saturated carbocycles. The number of aromatic amines is 1. The van der Waals surface area contributed by atoms with Gasteiger partial charge in [0.15, 0.2) is 0 Å². The second-order valence-corrected chi connectivity index (χ2v) is 6.44. The highest BCUT2D eigenvalue weighted by Gasteiger charge is 2.13. The Labute approximate surface area is 123 Å². The van der Waals surface area contributed by atoms with Gasteiger partial charge in [0.2, 0.25) is 0 Å². The molecule has 3 aromatic rings. The van der Waals surface area contributed by atoms with Gasteiger partial charge in [0.1, 0.15) is 5.82 Å². The van der Waals surface area contributed by atoms with Crippen LogP contribution in [0.25, 0.3) is 22.6 Å². The fraction of sp³-hybridized carbons (Fsp3) is 0.143. The van der Waals surface area contributed by atoms with Gasteiger partial charge in [-0.25, -0.2) is 4.98 Å². The maximum atomic E-state index is 4.73. The molecular weight excluding hydrogens is 322 g/mol. The minimum Gasteiger partial charge on any atom is -0.341 e. The largest absolute Gasteiger partial charge is 0.341 e. The van der Waals surface area contributed by atoms with E-state index in [-0.39, 0.29) is 0 Å². The summed E-state index contributed by atoms with van der Waals surface area (Å²) in [5.74, 6) is 0.914. The molecule has 1 N–H and O–H groups in total. The second kappa shape index (κ2) is 5.27. The maximum absolute atomic E-state index is 4.73. The van der Waals surface area contributed by atoms with Gasteiger partial charge >= 0.3 is 0 Å². The molecule has 5 heteroatoms. The molecule has 3 aromatic heterocycles. The van der Waals surface area contributed by atoms with Crippen LogP contribution in [0.15, 0.2) is 39.8 Å². The minimum atomic E-state index is 0.914. The van der Waals surface area contributed by atoms with Crippen LogP contribution in [-0.2, 0) is 6.42 Å². The highest BCUT2D eigenvalue weighted by Crippen LogP contribution is 2.30. The van der Waals surface area contributed by atoms with Gasteiger partial charge in [-0.15, -0.1) is 11.3 Å². The first-order valence-corrected chi connectivity index (χ1v) is 7.69. The summed E-state index contributed by atoms with van der Waals surface area (Å²) in [6.07, 6.45) is 4.55. The van der Waals surface area contributed by atoms with Crippen molar-refractivity contribution in [2.45, 2.75) is 13.3 Å². The van der Waals surface area contributed by atoms with Crippen LogP contribution in [0.4, 0.5) is 0 Å². The lowest BCUT2D eigenvalue weighted by Crippen LogP contribution is -1.86. The minimum absolute atomic E-state index is 0.914. The monoisotopic (exact) mass is 333 g/mol. The predicted octanol–water partition coefficient (Wildman–Crippen LogP) is 4.53. The van der Waals surface area contributed by atoms with Gasteiger partial charge in [-0.3, -0.25) is 4.98 Å². The van der Waals surface area contributed by atoms with Crippen molar-refractivity contribution in [3.05, 3.63) is 45.5 Å². The average molecular weight is 334 g/mol. The molecule has 0 amide bonds. The van der Waals surface area contributed by atoms with Crippen molar-refractivity contribution in [2.24, 2.45) is 0 Å². The van der Waals surface area contributed by atoms with E-state index in [0.29, 0.717) is 0 Å². The summed E-state index contributed by atoms with van der Waals surface area (Å²) < 4.78 is 1.11. The lowest BCUT2D eigenvalue weighted by atomic mass is 10.1. The number of hydrogen-bond donors (Lipinski definition) is 1. The molecule has 3 heterocycles. The Morgan fingerprint density at radius 2 is 2.26 bits per heavy atom. The molecule has 3 rings (SSSR count). The number of nitrogens with one attached hydrogen (secondary N) is 1. The third-order valence-corrected chi connectivity index (χ3v) is 4.41. The van der Waals surface area contributed by atoms with Gasteiger partial charge in [-0.05, 0) is 40.5 Å². The number of H-pyrrole nitrogens is 1. The summed E-state index contributed by atoms with van der Waals surface area (Å²) in [6.45, 7) is 2.13. The summed E-state index contributed by atoms with van der Waals surface area (Å²) in [4.78, 5) is 12.3. The molecule has 0 aliphatic rings.